The first kappa shape index (κ1) is 26.5. The Bertz CT molecular complexity index is 2210. The van der Waals surface area contributed by atoms with Gasteiger partial charge in [0.2, 0.25) is 0 Å². The zero-order chi connectivity index (χ0) is 30.5. The van der Waals surface area contributed by atoms with Crippen molar-refractivity contribution >= 4 is 65.6 Å². The molecule has 7 aromatic rings. The molecule has 45 heavy (non-hydrogen) atoms. The largest absolute Gasteiger partial charge is 0.309 e. The monoisotopic (exact) mass is 598 g/mol. The van der Waals surface area contributed by atoms with E-state index in [9.17, 15) is 0 Å². The summed E-state index contributed by atoms with van der Waals surface area (Å²) >= 11 is 1.90. The molecule has 1 aromatic heterocycles. The van der Waals surface area contributed by atoms with Crippen LogP contribution in [0, 0.1) is 0 Å². The van der Waals surface area contributed by atoms with Crippen molar-refractivity contribution in [2.24, 2.45) is 0 Å². The molecule has 0 unspecified atom stereocenters. The van der Waals surface area contributed by atoms with Crippen LogP contribution in [0.1, 0.15) is 49.9 Å². The van der Waals surface area contributed by atoms with E-state index in [-0.39, 0.29) is 10.8 Å². The van der Waals surface area contributed by atoms with Gasteiger partial charge in [0.25, 0.3) is 0 Å². The highest BCUT2D eigenvalue weighted by atomic mass is 32.1. The molecule has 3 heterocycles. The topological polar surface area (TPSA) is 6.48 Å². The maximum Gasteiger partial charge on any atom is 0.0640 e. The Kier molecular flexibility index (Phi) is 5.50. The Balaban J connectivity index is 1.33. The molecule has 0 aliphatic carbocycles. The van der Waals surface area contributed by atoms with E-state index in [0.29, 0.717) is 0 Å². The van der Waals surface area contributed by atoms with E-state index >= 15 is 0 Å². The minimum absolute atomic E-state index is 0.0895. The van der Waals surface area contributed by atoms with Gasteiger partial charge in [-0.15, -0.1) is 11.3 Å². The number of anilines is 6. The number of fused-ring (bicyclic) bond motifs is 7. The van der Waals surface area contributed by atoms with Crippen molar-refractivity contribution < 1.29 is 0 Å². The summed E-state index contributed by atoms with van der Waals surface area (Å²) in [5.41, 5.74) is 12.7. The molecular formula is C42H34N2S. The van der Waals surface area contributed by atoms with Crippen LogP contribution in [0.2, 0.25) is 0 Å². The van der Waals surface area contributed by atoms with Crippen LogP contribution in [0.5, 0.6) is 0 Å². The van der Waals surface area contributed by atoms with Crippen LogP contribution in [-0.2, 0) is 10.8 Å². The van der Waals surface area contributed by atoms with Crippen LogP contribution in [0.15, 0.2) is 133 Å². The fourth-order valence-corrected chi connectivity index (χ4v) is 9.26. The molecule has 9 rings (SSSR count). The third-order valence-electron chi connectivity index (χ3n) is 10.2. The second-order valence-electron chi connectivity index (χ2n) is 13.4. The molecule has 0 fully saturated rings. The van der Waals surface area contributed by atoms with Gasteiger partial charge in [-0.3, -0.25) is 0 Å². The number of hydrogen-bond donors (Lipinski definition) is 0. The average Bonchev–Trinajstić information content (AvgIpc) is 3.46. The lowest BCUT2D eigenvalue weighted by molar-refractivity contribution is 0.632. The molecule has 6 aromatic carbocycles. The second kappa shape index (κ2) is 9.32. The van der Waals surface area contributed by atoms with Gasteiger partial charge in [-0.05, 0) is 64.7 Å². The Labute approximate surface area is 268 Å². The fourth-order valence-electron chi connectivity index (χ4n) is 8.03. The van der Waals surface area contributed by atoms with Crippen molar-refractivity contribution in [2.45, 2.75) is 38.5 Å². The van der Waals surface area contributed by atoms with E-state index in [1.807, 2.05) is 11.3 Å². The lowest BCUT2D eigenvalue weighted by atomic mass is 9.73. The Morgan fingerprint density at radius 3 is 1.27 bits per heavy atom. The van der Waals surface area contributed by atoms with Crippen molar-refractivity contribution in [3.63, 3.8) is 0 Å². The first-order valence-electron chi connectivity index (χ1n) is 15.8. The molecule has 0 saturated carbocycles. The van der Waals surface area contributed by atoms with Crippen LogP contribution < -0.4 is 9.80 Å². The lowest BCUT2D eigenvalue weighted by Crippen LogP contribution is -2.30. The number of hydrogen-bond acceptors (Lipinski definition) is 3. The molecule has 0 amide bonds. The molecule has 0 atom stereocenters. The Hall–Kier alpha value is -4.86. The van der Waals surface area contributed by atoms with Crippen molar-refractivity contribution in [1.29, 1.82) is 0 Å². The molecular weight excluding hydrogens is 565 g/mol. The first-order chi connectivity index (χ1) is 21.9. The van der Waals surface area contributed by atoms with Gasteiger partial charge >= 0.3 is 0 Å². The van der Waals surface area contributed by atoms with E-state index in [0.717, 1.165) is 0 Å². The molecule has 0 bridgehead atoms. The predicted molar refractivity (Wildman–Crippen MR) is 193 cm³/mol. The van der Waals surface area contributed by atoms with E-state index in [2.05, 4.69) is 171 Å². The number of para-hydroxylation sites is 4. The van der Waals surface area contributed by atoms with Crippen LogP contribution in [0.25, 0.3) is 20.2 Å². The van der Waals surface area contributed by atoms with Crippen molar-refractivity contribution in [2.75, 3.05) is 9.80 Å². The maximum atomic E-state index is 2.51. The van der Waals surface area contributed by atoms with E-state index in [4.69, 9.17) is 0 Å². The summed E-state index contributed by atoms with van der Waals surface area (Å²) in [5, 5.41) is 2.60. The highest BCUT2D eigenvalue weighted by Crippen LogP contribution is 2.57. The third-order valence-corrected chi connectivity index (χ3v) is 11.4. The van der Waals surface area contributed by atoms with Crippen molar-refractivity contribution in [3.05, 3.63) is 156 Å². The van der Waals surface area contributed by atoms with Crippen LogP contribution in [0.4, 0.5) is 34.1 Å². The van der Waals surface area contributed by atoms with Crippen LogP contribution in [-0.4, -0.2) is 0 Å². The minimum Gasteiger partial charge on any atom is -0.309 e. The normalized spacial score (nSPS) is 15.8. The highest BCUT2D eigenvalue weighted by molar-refractivity contribution is 7.26. The summed E-state index contributed by atoms with van der Waals surface area (Å²) in [5.74, 6) is 0. The van der Waals surface area contributed by atoms with E-state index < -0.39 is 0 Å². The number of nitrogens with zero attached hydrogens (tertiary/aromatic N) is 2. The summed E-state index contributed by atoms with van der Waals surface area (Å²) in [6, 6.07) is 49.4. The lowest BCUT2D eigenvalue weighted by Gasteiger charge is -2.42. The molecule has 2 nitrogen and oxygen atoms in total. The second-order valence-corrected chi connectivity index (χ2v) is 14.4. The standard InChI is InChI=1S/C42H34N2S/c1-41(2)28-16-5-9-20-32(28)43(33-21-10-6-17-29(33)41)36-24-14-26-38-39(36)27-15-13-25-37(40(27)45-38)44-34-22-11-7-18-30(34)42(3,4)31-19-8-12-23-35(31)44/h5-26H,1-4H3. The number of rotatable bonds is 2. The fraction of sp³-hybridized carbons (Fsp3) is 0.143. The summed E-state index contributed by atoms with van der Waals surface area (Å²) in [7, 11) is 0. The maximum absolute atomic E-state index is 2.51. The number of benzene rings is 6. The highest BCUT2D eigenvalue weighted by Gasteiger charge is 2.39. The van der Waals surface area contributed by atoms with Gasteiger partial charge in [-0.25, -0.2) is 0 Å². The Morgan fingerprint density at radius 2 is 0.778 bits per heavy atom. The summed E-state index contributed by atoms with van der Waals surface area (Å²) in [6.45, 7) is 9.41. The van der Waals surface area contributed by atoms with Crippen LogP contribution >= 0.6 is 11.3 Å². The summed E-state index contributed by atoms with van der Waals surface area (Å²) < 4.78 is 2.61. The van der Waals surface area contributed by atoms with E-state index in [1.54, 1.807) is 0 Å². The third kappa shape index (κ3) is 3.56. The smallest absolute Gasteiger partial charge is 0.0640 e. The molecule has 0 spiro atoms. The molecule has 0 N–H and O–H groups in total. The zero-order valence-electron chi connectivity index (χ0n) is 26.0. The molecule has 2 aliphatic heterocycles. The van der Waals surface area contributed by atoms with Gasteiger partial charge < -0.3 is 9.80 Å². The minimum atomic E-state index is -0.0930. The summed E-state index contributed by atoms with van der Waals surface area (Å²) in [6.07, 6.45) is 0. The van der Waals surface area contributed by atoms with Gasteiger partial charge in [-0.2, -0.15) is 0 Å². The zero-order valence-corrected chi connectivity index (χ0v) is 26.8. The van der Waals surface area contributed by atoms with Crippen molar-refractivity contribution in [3.8, 4) is 0 Å². The van der Waals surface area contributed by atoms with Crippen LogP contribution in [0.3, 0.4) is 0 Å². The number of thiophene rings is 1. The quantitative estimate of drug-likeness (QED) is 0.195. The van der Waals surface area contributed by atoms with Gasteiger partial charge in [0.15, 0.2) is 0 Å². The average molecular weight is 599 g/mol. The molecule has 218 valence electrons. The SMILES string of the molecule is CC1(C)c2ccccc2N(c2cccc3c2sc2cccc(N4c5ccccc5C(C)(C)c5ccccc54)c23)c2ccccc21. The van der Waals surface area contributed by atoms with Gasteiger partial charge in [0.05, 0.1) is 38.8 Å². The predicted octanol–water partition coefficient (Wildman–Crippen LogP) is 12.3. The molecule has 3 heteroatoms. The Morgan fingerprint density at radius 1 is 0.400 bits per heavy atom. The summed E-state index contributed by atoms with van der Waals surface area (Å²) in [4.78, 5) is 5.01. The molecule has 0 saturated heterocycles. The van der Waals surface area contributed by atoms with E-state index in [1.165, 1.54) is 76.6 Å². The van der Waals surface area contributed by atoms with Gasteiger partial charge in [0, 0.05) is 26.3 Å². The first-order valence-corrected chi connectivity index (χ1v) is 16.6. The van der Waals surface area contributed by atoms with Crippen molar-refractivity contribution in [1.82, 2.24) is 0 Å². The molecule has 0 radical (unpaired) electrons. The van der Waals surface area contributed by atoms with Gasteiger partial charge in [-0.1, -0.05) is 119 Å². The van der Waals surface area contributed by atoms with Gasteiger partial charge in [0.1, 0.15) is 0 Å². The molecule has 2 aliphatic rings.